The van der Waals surface area contributed by atoms with Gasteiger partial charge >= 0.3 is 0 Å². The molecule has 1 amide bonds. The predicted molar refractivity (Wildman–Crippen MR) is 66.9 cm³/mol. The van der Waals surface area contributed by atoms with Crippen LogP contribution in [0.5, 0.6) is 0 Å². The molecule has 1 heterocycles. The van der Waals surface area contributed by atoms with Crippen molar-refractivity contribution in [2.45, 2.75) is 38.3 Å². The maximum Gasteiger partial charge on any atom is 0.251 e. The number of halogens is 1. The van der Waals surface area contributed by atoms with Crippen molar-refractivity contribution in [1.29, 1.82) is 0 Å². The van der Waals surface area contributed by atoms with Crippen LogP contribution in [0.1, 0.15) is 37.0 Å². The Balaban J connectivity index is 1.97. The molecular formula is C14H18FNO2. The Morgan fingerprint density at radius 2 is 2.06 bits per heavy atom. The maximum atomic E-state index is 12.8. The van der Waals surface area contributed by atoms with Crippen LogP contribution in [-0.2, 0) is 4.74 Å². The zero-order valence-corrected chi connectivity index (χ0v) is 10.7. The summed E-state index contributed by atoms with van der Waals surface area (Å²) in [6, 6.07) is 5.70. The van der Waals surface area contributed by atoms with Crippen LogP contribution >= 0.6 is 0 Å². The average Bonchev–Trinajstić information content (AvgIpc) is 2.28. The lowest BCUT2D eigenvalue weighted by Crippen LogP contribution is -2.45. The lowest BCUT2D eigenvalue weighted by atomic mass is 9.94. The SMILES string of the molecule is CC1(C)CC(NC(=O)c2ccc(F)cc2)CCO1. The normalized spacial score (nSPS) is 22.5. The van der Waals surface area contributed by atoms with Crippen LogP contribution in [0.2, 0.25) is 0 Å². The molecule has 0 saturated carbocycles. The zero-order chi connectivity index (χ0) is 13.2. The van der Waals surface area contributed by atoms with Crippen LogP contribution in [0.15, 0.2) is 24.3 Å². The zero-order valence-electron chi connectivity index (χ0n) is 10.7. The number of rotatable bonds is 2. The van der Waals surface area contributed by atoms with Gasteiger partial charge in [-0.25, -0.2) is 4.39 Å². The molecule has 1 aliphatic heterocycles. The van der Waals surface area contributed by atoms with E-state index >= 15 is 0 Å². The fraction of sp³-hybridized carbons (Fsp3) is 0.500. The third-order valence-electron chi connectivity index (χ3n) is 3.14. The van der Waals surface area contributed by atoms with Gasteiger partial charge in [-0.2, -0.15) is 0 Å². The van der Waals surface area contributed by atoms with Crippen molar-refractivity contribution in [1.82, 2.24) is 5.32 Å². The Morgan fingerprint density at radius 3 is 2.67 bits per heavy atom. The van der Waals surface area contributed by atoms with Crippen molar-refractivity contribution >= 4 is 5.91 Å². The number of benzene rings is 1. The molecule has 98 valence electrons. The smallest absolute Gasteiger partial charge is 0.251 e. The second kappa shape index (κ2) is 5.06. The Kier molecular flexibility index (Phi) is 3.66. The molecule has 0 spiro atoms. The Hall–Kier alpha value is -1.42. The fourth-order valence-electron chi connectivity index (χ4n) is 2.23. The predicted octanol–water partition coefficient (Wildman–Crippen LogP) is 2.51. The molecule has 4 heteroatoms. The molecule has 18 heavy (non-hydrogen) atoms. The highest BCUT2D eigenvalue weighted by atomic mass is 19.1. The topological polar surface area (TPSA) is 38.3 Å². The van der Waals surface area contributed by atoms with Crippen LogP contribution in [0.25, 0.3) is 0 Å². The standard InChI is InChI=1S/C14H18FNO2/c1-14(2)9-12(7-8-18-14)16-13(17)10-3-5-11(15)6-4-10/h3-6,12H,7-9H2,1-2H3,(H,16,17). The van der Waals surface area contributed by atoms with E-state index in [1.54, 1.807) is 0 Å². The van der Waals surface area contributed by atoms with Crippen molar-refractivity contribution in [2.75, 3.05) is 6.61 Å². The van der Waals surface area contributed by atoms with Gasteiger partial charge in [0, 0.05) is 18.2 Å². The first-order chi connectivity index (χ1) is 8.46. The number of hydrogen-bond acceptors (Lipinski definition) is 2. The van der Waals surface area contributed by atoms with E-state index < -0.39 is 0 Å². The van der Waals surface area contributed by atoms with E-state index in [0.29, 0.717) is 12.2 Å². The molecule has 2 rings (SSSR count). The van der Waals surface area contributed by atoms with E-state index in [1.165, 1.54) is 24.3 Å². The lowest BCUT2D eigenvalue weighted by Gasteiger charge is -2.35. The molecule has 3 nitrogen and oxygen atoms in total. The highest BCUT2D eigenvalue weighted by molar-refractivity contribution is 5.94. The summed E-state index contributed by atoms with van der Waals surface area (Å²) in [5.41, 5.74) is 0.291. The van der Waals surface area contributed by atoms with Crippen molar-refractivity contribution in [3.8, 4) is 0 Å². The summed E-state index contributed by atoms with van der Waals surface area (Å²) in [6.07, 6.45) is 1.61. The number of ether oxygens (including phenoxy) is 1. The minimum Gasteiger partial charge on any atom is -0.375 e. The third-order valence-corrected chi connectivity index (χ3v) is 3.14. The first-order valence-corrected chi connectivity index (χ1v) is 6.17. The van der Waals surface area contributed by atoms with Crippen LogP contribution in [-0.4, -0.2) is 24.2 Å². The molecule has 1 atom stereocenters. The van der Waals surface area contributed by atoms with E-state index in [0.717, 1.165) is 12.8 Å². The van der Waals surface area contributed by atoms with Gasteiger partial charge in [0.25, 0.3) is 5.91 Å². The minimum atomic E-state index is -0.334. The number of carbonyl (C=O) groups excluding carboxylic acids is 1. The van der Waals surface area contributed by atoms with E-state index in [2.05, 4.69) is 5.32 Å². The second-order valence-corrected chi connectivity index (χ2v) is 5.28. The lowest BCUT2D eigenvalue weighted by molar-refractivity contribution is -0.0615. The molecule has 1 aromatic carbocycles. The Bertz CT molecular complexity index is 428. The molecule has 1 unspecified atom stereocenters. The molecule has 0 aromatic heterocycles. The van der Waals surface area contributed by atoms with Crippen LogP contribution in [0.3, 0.4) is 0 Å². The van der Waals surface area contributed by atoms with Crippen LogP contribution in [0, 0.1) is 5.82 Å². The number of amides is 1. The molecule has 1 aromatic rings. The van der Waals surface area contributed by atoms with Gasteiger partial charge in [0.1, 0.15) is 5.82 Å². The van der Waals surface area contributed by atoms with Gasteiger partial charge in [0.15, 0.2) is 0 Å². The summed E-state index contributed by atoms with van der Waals surface area (Å²) >= 11 is 0. The minimum absolute atomic E-state index is 0.117. The van der Waals surface area contributed by atoms with Crippen LogP contribution < -0.4 is 5.32 Å². The Labute approximate surface area is 106 Å². The van der Waals surface area contributed by atoms with E-state index in [-0.39, 0.29) is 23.4 Å². The molecule has 0 aliphatic carbocycles. The summed E-state index contributed by atoms with van der Waals surface area (Å²) in [4.78, 5) is 12.0. The van der Waals surface area contributed by atoms with E-state index in [4.69, 9.17) is 4.74 Å². The molecule has 1 fully saturated rings. The first-order valence-electron chi connectivity index (χ1n) is 6.17. The molecule has 0 radical (unpaired) electrons. The summed E-state index contributed by atoms with van der Waals surface area (Å²) in [5, 5.41) is 2.97. The van der Waals surface area contributed by atoms with Gasteiger partial charge in [-0.15, -0.1) is 0 Å². The fourth-order valence-corrected chi connectivity index (χ4v) is 2.23. The van der Waals surface area contributed by atoms with Gasteiger partial charge in [0.2, 0.25) is 0 Å². The van der Waals surface area contributed by atoms with Crippen molar-refractivity contribution in [3.05, 3.63) is 35.6 Å². The maximum absolute atomic E-state index is 12.8. The number of hydrogen-bond donors (Lipinski definition) is 1. The summed E-state index contributed by atoms with van der Waals surface area (Å²) in [7, 11) is 0. The van der Waals surface area contributed by atoms with E-state index in [9.17, 15) is 9.18 Å². The Morgan fingerprint density at radius 1 is 1.39 bits per heavy atom. The largest absolute Gasteiger partial charge is 0.375 e. The quantitative estimate of drug-likeness (QED) is 0.877. The summed E-state index contributed by atoms with van der Waals surface area (Å²) < 4.78 is 18.4. The van der Waals surface area contributed by atoms with Crippen LogP contribution in [0.4, 0.5) is 4.39 Å². The molecule has 1 saturated heterocycles. The van der Waals surface area contributed by atoms with Gasteiger partial charge < -0.3 is 10.1 Å². The monoisotopic (exact) mass is 251 g/mol. The third kappa shape index (κ3) is 3.29. The van der Waals surface area contributed by atoms with E-state index in [1.807, 2.05) is 13.8 Å². The van der Waals surface area contributed by atoms with Gasteiger partial charge in [0.05, 0.1) is 5.60 Å². The van der Waals surface area contributed by atoms with Crippen molar-refractivity contribution in [3.63, 3.8) is 0 Å². The molecule has 1 N–H and O–H groups in total. The second-order valence-electron chi connectivity index (χ2n) is 5.28. The first kappa shape index (κ1) is 13.0. The van der Waals surface area contributed by atoms with Crippen molar-refractivity contribution < 1.29 is 13.9 Å². The van der Waals surface area contributed by atoms with Gasteiger partial charge in [-0.1, -0.05) is 0 Å². The summed E-state index contributed by atoms with van der Waals surface area (Å²) in [5.74, 6) is -0.489. The molecule has 1 aliphatic rings. The summed E-state index contributed by atoms with van der Waals surface area (Å²) in [6.45, 7) is 4.69. The number of carbonyl (C=O) groups is 1. The highest BCUT2D eigenvalue weighted by Gasteiger charge is 2.29. The van der Waals surface area contributed by atoms with Gasteiger partial charge in [-0.05, 0) is 51.0 Å². The van der Waals surface area contributed by atoms with Gasteiger partial charge in [-0.3, -0.25) is 4.79 Å². The number of nitrogens with one attached hydrogen (secondary N) is 1. The highest BCUT2D eigenvalue weighted by Crippen LogP contribution is 2.24. The van der Waals surface area contributed by atoms with Crippen molar-refractivity contribution in [2.24, 2.45) is 0 Å². The molecule has 0 bridgehead atoms. The average molecular weight is 251 g/mol. The molecular weight excluding hydrogens is 233 g/mol.